The summed E-state index contributed by atoms with van der Waals surface area (Å²) in [5, 5.41) is 3.16. The molecule has 0 bridgehead atoms. The molecule has 6 heteroatoms. The van der Waals surface area contributed by atoms with Gasteiger partial charge in [-0.25, -0.2) is 0 Å². The van der Waals surface area contributed by atoms with Crippen LogP contribution in [0.4, 0.5) is 11.4 Å². The molecule has 0 aliphatic rings. The first-order valence-corrected chi connectivity index (χ1v) is 6.83. The molecular weight excluding hydrogens is 351 g/mol. The SMILES string of the molecule is Nc1cc(Cl)c(Cl)c(C(=O)Nc2ccc(Br)cc2)c1. The van der Waals surface area contributed by atoms with Gasteiger partial charge in [0.15, 0.2) is 0 Å². The van der Waals surface area contributed by atoms with E-state index < -0.39 is 0 Å². The zero-order chi connectivity index (χ0) is 14.0. The van der Waals surface area contributed by atoms with Crippen LogP contribution in [0.15, 0.2) is 40.9 Å². The van der Waals surface area contributed by atoms with Crippen molar-refractivity contribution in [1.82, 2.24) is 0 Å². The highest BCUT2D eigenvalue weighted by atomic mass is 79.9. The maximum atomic E-state index is 12.1. The van der Waals surface area contributed by atoms with Crippen LogP contribution < -0.4 is 11.1 Å². The van der Waals surface area contributed by atoms with Crippen LogP contribution in [0, 0.1) is 0 Å². The van der Waals surface area contributed by atoms with Crippen LogP contribution in [0.5, 0.6) is 0 Å². The summed E-state index contributed by atoms with van der Waals surface area (Å²) < 4.78 is 0.926. The first-order chi connectivity index (χ1) is 8.97. The topological polar surface area (TPSA) is 55.1 Å². The van der Waals surface area contributed by atoms with E-state index in [2.05, 4.69) is 21.2 Å². The van der Waals surface area contributed by atoms with E-state index in [1.807, 2.05) is 12.1 Å². The van der Waals surface area contributed by atoms with Crippen LogP contribution in [0.1, 0.15) is 10.4 Å². The molecule has 3 nitrogen and oxygen atoms in total. The minimum atomic E-state index is -0.360. The Labute approximate surface area is 128 Å². The molecule has 2 aromatic carbocycles. The van der Waals surface area contributed by atoms with Gasteiger partial charge < -0.3 is 11.1 Å². The van der Waals surface area contributed by atoms with Gasteiger partial charge in [-0.2, -0.15) is 0 Å². The second-order valence-corrected chi connectivity index (χ2v) is 5.53. The predicted molar refractivity (Wildman–Crippen MR) is 83.0 cm³/mol. The molecule has 0 radical (unpaired) electrons. The third kappa shape index (κ3) is 3.41. The Bertz CT molecular complexity index is 629. The second kappa shape index (κ2) is 5.82. The van der Waals surface area contributed by atoms with Gasteiger partial charge in [0.05, 0.1) is 15.6 Å². The van der Waals surface area contributed by atoms with Crippen LogP contribution >= 0.6 is 39.1 Å². The third-order valence-electron chi connectivity index (χ3n) is 2.40. The van der Waals surface area contributed by atoms with Gasteiger partial charge >= 0.3 is 0 Å². The molecule has 0 aromatic heterocycles. The largest absolute Gasteiger partial charge is 0.399 e. The lowest BCUT2D eigenvalue weighted by molar-refractivity contribution is 0.102. The van der Waals surface area contributed by atoms with Gasteiger partial charge in [-0.05, 0) is 36.4 Å². The van der Waals surface area contributed by atoms with Crippen LogP contribution in [-0.4, -0.2) is 5.91 Å². The van der Waals surface area contributed by atoms with E-state index in [1.165, 1.54) is 12.1 Å². The van der Waals surface area contributed by atoms with E-state index in [9.17, 15) is 4.79 Å². The number of amides is 1. The summed E-state index contributed by atoms with van der Waals surface area (Å²) in [6.07, 6.45) is 0. The highest BCUT2D eigenvalue weighted by molar-refractivity contribution is 9.10. The van der Waals surface area contributed by atoms with Crippen LogP contribution in [0.3, 0.4) is 0 Å². The van der Waals surface area contributed by atoms with Crippen molar-refractivity contribution in [2.45, 2.75) is 0 Å². The number of anilines is 2. The Kier molecular flexibility index (Phi) is 4.34. The molecule has 2 rings (SSSR count). The monoisotopic (exact) mass is 358 g/mol. The summed E-state index contributed by atoms with van der Waals surface area (Å²) in [5.74, 6) is -0.360. The van der Waals surface area contributed by atoms with Crippen molar-refractivity contribution >= 4 is 56.4 Å². The predicted octanol–water partition coefficient (Wildman–Crippen LogP) is 4.59. The highest BCUT2D eigenvalue weighted by Gasteiger charge is 2.14. The van der Waals surface area contributed by atoms with Crippen LogP contribution in [-0.2, 0) is 0 Å². The number of nitrogens with two attached hydrogens (primary N) is 1. The zero-order valence-electron chi connectivity index (χ0n) is 9.58. The van der Waals surface area contributed by atoms with Crippen molar-refractivity contribution in [1.29, 1.82) is 0 Å². The molecule has 98 valence electrons. The first kappa shape index (κ1) is 14.2. The Hall–Kier alpha value is -1.23. The number of rotatable bonds is 2. The van der Waals surface area contributed by atoms with Gasteiger partial charge in [0.25, 0.3) is 5.91 Å². The van der Waals surface area contributed by atoms with E-state index in [4.69, 9.17) is 28.9 Å². The number of carbonyl (C=O) groups excluding carboxylic acids is 1. The number of hydrogen-bond donors (Lipinski definition) is 2. The number of nitrogens with one attached hydrogen (secondary N) is 1. The summed E-state index contributed by atoms with van der Waals surface area (Å²) in [6.45, 7) is 0. The summed E-state index contributed by atoms with van der Waals surface area (Å²) in [4.78, 5) is 12.1. The average Bonchev–Trinajstić information content (AvgIpc) is 2.36. The first-order valence-electron chi connectivity index (χ1n) is 5.29. The van der Waals surface area contributed by atoms with E-state index in [0.29, 0.717) is 11.4 Å². The maximum Gasteiger partial charge on any atom is 0.257 e. The molecule has 0 saturated heterocycles. The molecule has 19 heavy (non-hydrogen) atoms. The van der Waals surface area contributed by atoms with E-state index >= 15 is 0 Å². The van der Waals surface area contributed by atoms with E-state index in [1.54, 1.807) is 12.1 Å². The molecular formula is C13H9BrCl2N2O. The fraction of sp³-hybridized carbons (Fsp3) is 0. The smallest absolute Gasteiger partial charge is 0.257 e. The quantitative estimate of drug-likeness (QED) is 0.770. The van der Waals surface area contributed by atoms with E-state index in [0.717, 1.165) is 4.47 Å². The lowest BCUT2D eigenvalue weighted by Gasteiger charge is -2.09. The molecule has 0 aliphatic carbocycles. The minimum absolute atomic E-state index is 0.186. The fourth-order valence-corrected chi connectivity index (χ4v) is 2.19. The Morgan fingerprint density at radius 1 is 1.16 bits per heavy atom. The summed E-state index contributed by atoms with van der Waals surface area (Å²) in [6, 6.07) is 10.2. The van der Waals surface area contributed by atoms with Gasteiger partial charge in [0, 0.05) is 15.8 Å². The van der Waals surface area contributed by atoms with Gasteiger partial charge in [-0.15, -0.1) is 0 Å². The van der Waals surface area contributed by atoms with Crippen molar-refractivity contribution < 1.29 is 4.79 Å². The normalized spacial score (nSPS) is 10.3. The van der Waals surface area contributed by atoms with Crippen LogP contribution in [0.2, 0.25) is 10.0 Å². The average molecular weight is 360 g/mol. The number of benzene rings is 2. The molecule has 0 fully saturated rings. The maximum absolute atomic E-state index is 12.1. The molecule has 0 spiro atoms. The van der Waals surface area contributed by atoms with E-state index in [-0.39, 0.29) is 21.5 Å². The Morgan fingerprint density at radius 2 is 1.79 bits per heavy atom. The zero-order valence-corrected chi connectivity index (χ0v) is 12.7. The molecule has 0 aliphatic heterocycles. The molecule has 3 N–H and O–H groups in total. The third-order valence-corrected chi connectivity index (χ3v) is 3.73. The summed E-state index contributed by atoms with van der Waals surface area (Å²) in [5.41, 5.74) is 6.94. The standard InChI is InChI=1S/C13H9BrCl2N2O/c14-7-1-3-9(4-2-7)18-13(19)10-5-8(17)6-11(15)12(10)16/h1-6H,17H2,(H,18,19). The number of halogens is 3. The number of nitrogen functional groups attached to an aromatic ring is 1. The Morgan fingerprint density at radius 3 is 2.42 bits per heavy atom. The van der Waals surface area contributed by atoms with Crippen molar-refractivity contribution in [3.63, 3.8) is 0 Å². The van der Waals surface area contributed by atoms with Gasteiger partial charge in [0.1, 0.15) is 0 Å². The lowest BCUT2D eigenvalue weighted by Crippen LogP contribution is -2.13. The molecule has 1 amide bonds. The molecule has 0 unspecified atom stereocenters. The highest BCUT2D eigenvalue weighted by Crippen LogP contribution is 2.29. The minimum Gasteiger partial charge on any atom is -0.399 e. The van der Waals surface area contributed by atoms with Crippen LogP contribution in [0.25, 0.3) is 0 Å². The molecule has 0 atom stereocenters. The molecule has 0 saturated carbocycles. The molecule has 0 heterocycles. The van der Waals surface area contributed by atoms with Crippen molar-refractivity contribution in [3.05, 3.63) is 56.5 Å². The fourth-order valence-electron chi connectivity index (χ4n) is 1.51. The lowest BCUT2D eigenvalue weighted by atomic mass is 10.2. The summed E-state index contributed by atoms with van der Waals surface area (Å²) >= 11 is 15.2. The number of carbonyl (C=O) groups is 1. The van der Waals surface area contributed by atoms with Gasteiger partial charge in [0.2, 0.25) is 0 Å². The summed E-state index contributed by atoms with van der Waals surface area (Å²) in [7, 11) is 0. The number of hydrogen-bond acceptors (Lipinski definition) is 2. The van der Waals surface area contributed by atoms with Gasteiger partial charge in [-0.1, -0.05) is 39.1 Å². The molecule has 2 aromatic rings. The second-order valence-electron chi connectivity index (χ2n) is 3.83. The Balaban J connectivity index is 2.27. The van der Waals surface area contributed by atoms with Gasteiger partial charge in [-0.3, -0.25) is 4.79 Å². The van der Waals surface area contributed by atoms with Crippen molar-refractivity contribution in [3.8, 4) is 0 Å². The van der Waals surface area contributed by atoms with Crippen molar-refractivity contribution in [2.24, 2.45) is 0 Å². The van der Waals surface area contributed by atoms with Crippen molar-refractivity contribution in [2.75, 3.05) is 11.1 Å².